The predicted octanol–water partition coefficient (Wildman–Crippen LogP) is 5.50. The molecule has 3 aromatic carbocycles. The molecule has 0 spiro atoms. The molecule has 0 aromatic heterocycles. The molecule has 0 bridgehead atoms. The molecule has 0 fully saturated rings. The fraction of sp³-hybridized carbons (Fsp3) is 0.208. The highest BCUT2D eigenvalue weighted by Crippen LogP contribution is 2.24. The van der Waals surface area contributed by atoms with Crippen LogP contribution in [0.4, 0.5) is 0 Å². The number of para-hydroxylation sites is 1. The van der Waals surface area contributed by atoms with Crippen LogP contribution in [0, 0.1) is 5.92 Å². The average Bonchev–Trinajstić information content (AvgIpc) is 2.68. The number of carbonyl (C=O) groups is 1. The fourth-order valence-electron chi connectivity index (χ4n) is 3.15. The molecular weight excluding hydrogens is 370 g/mol. The van der Waals surface area contributed by atoms with E-state index in [-0.39, 0.29) is 24.1 Å². The van der Waals surface area contributed by atoms with Gasteiger partial charge in [-0.1, -0.05) is 60.7 Å². The third-order valence-corrected chi connectivity index (χ3v) is 4.38. The van der Waals surface area contributed by atoms with Gasteiger partial charge in [0.25, 0.3) is 0 Å². The first-order valence-corrected chi connectivity index (χ1v) is 9.17. The first-order chi connectivity index (χ1) is 13.1. The summed E-state index contributed by atoms with van der Waals surface area (Å²) >= 11 is 0. The Bertz CT molecular complexity index is 866. The standard InChI is InChI=1S/C24H25NO2.ClH/c1-25(2)18-21(16-19-10-5-3-6-11-19)24(26)20-12-9-15-23(17-20)27-22-13-7-4-8-14-22;/h3-15,17,21H,16,18H2,1-2H3;1H. The topological polar surface area (TPSA) is 29.5 Å². The number of benzene rings is 3. The summed E-state index contributed by atoms with van der Waals surface area (Å²) in [4.78, 5) is 15.3. The van der Waals surface area contributed by atoms with Gasteiger partial charge in [-0.3, -0.25) is 4.79 Å². The molecule has 3 aromatic rings. The second-order valence-corrected chi connectivity index (χ2v) is 6.96. The van der Waals surface area contributed by atoms with Gasteiger partial charge < -0.3 is 9.64 Å². The monoisotopic (exact) mass is 395 g/mol. The number of halogens is 1. The molecule has 3 rings (SSSR count). The Balaban J connectivity index is 0.00000280. The van der Waals surface area contributed by atoms with E-state index < -0.39 is 0 Å². The van der Waals surface area contributed by atoms with Crippen LogP contribution in [0.5, 0.6) is 11.5 Å². The molecule has 0 saturated heterocycles. The van der Waals surface area contributed by atoms with Crippen molar-refractivity contribution in [2.75, 3.05) is 20.6 Å². The zero-order valence-electron chi connectivity index (χ0n) is 16.2. The van der Waals surface area contributed by atoms with Crippen molar-refractivity contribution in [1.82, 2.24) is 4.90 Å². The minimum atomic E-state index is -0.102. The van der Waals surface area contributed by atoms with Crippen molar-refractivity contribution in [3.8, 4) is 11.5 Å². The maximum absolute atomic E-state index is 13.2. The molecule has 0 aliphatic heterocycles. The van der Waals surface area contributed by atoms with Crippen molar-refractivity contribution >= 4 is 18.2 Å². The second-order valence-electron chi connectivity index (χ2n) is 6.96. The molecule has 3 nitrogen and oxygen atoms in total. The van der Waals surface area contributed by atoms with E-state index in [1.165, 1.54) is 5.56 Å². The highest BCUT2D eigenvalue weighted by atomic mass is 35.5. The van der Waals surface area contributed by atoms with Crippen molar-refractivity contribution in [2.45, 2.75) is 6.42 Å². The molecule has 1 atom stereocenters. The Kier molecular flexibility index (Phi) is 8.24. The zero-order chi connectivity index (χ0) is 19.1. The molecule has 146 valence electrons. The van der Waals surface area contributed by atoms with E-state index in [0.717, 1.165) is 12.2 Å². The summed E-state index contributed by atoms with van der Waals surface area (Å²) in [6.07, 6.45) is 0.724. The quantitative estimate of drug-likeness (QED) is 0.471. The van der Waals surface area contributed by atoms with Gasteiger partial charge in [0.2, 0.25) is 0 Å². The van der Waals surface area contributed by atoms with Crippen molar-refractivity contribution in [1.29, 1.82) is 0 Å². The second kappa shape index (κ2) is 10.6. The Morgan fingerprint density at radius 3 is 2.11 bits per heavy atom. The summed E-state index contributed by atoms with van der Waals surface area (Å²) < 4.78 is 5.89. The van der Waals surface area contributed by atoms with Crippen LogP contribution in [-0.2, 0) is 6.42 Å². The minimum absolute atomic E-state index is 0. The van der Waals surface area contributed by atoms with Gasteiger partial charge in [-0.25, -0.2) is 0 Å². The normalized spacial score (nSPS) is 11.5. The van der Waals surface area contributed by atoms with Crippen LogP contribution >= 0.6 is 12.4 Å². The number of ether oxygens (including phenoxy) is 1. The van der Waals surface area contributed by atoms with Crippen LogP contribution in [0.2, 0.25) is 0 Å². The molecule has 0 amide bonds. The molecule has 0 radical (unpaired) electrons. The number of hydrogen-bond donors (Lipinski definition) is 0. The van der Waals surface area contributed by atoms with Crippen molar-refractivity contribution in [3.63, 3.8) is 0 Å². The first-order valence-electron chi connectivity index (χ1n) is 9.17. The number of rotatable bonds is 8. The van der Waals surface area contributed by atoms with Crippen LogP contribution in [0.3, 0.4) is 0 Å². The number of carbonyl (C=O) groups excluding carboxylic acids is 1. The molecule has 1 unspecified atom stereocenters. The Morgan fingerprint density at radius 2 is 1.46 bits per heavy atom. The minimum Gasteiger partial charge on any atom is -0.457 e. The average molecular weight is 396 g/mol. The van der Waals surface area contributed by atoms with Crippen molar-refractivity contribution < 1.29 is 9.53 Å². The summed E-state index contributed by atoms with van der Waals surface area (Å²) in [6, 6.07) is 27.2. The molecule has 28 heavy (non-hydrogen) atoms. The van der Waals surface area contributed by atoms with E-state index >= 15 is 0 Å². The van der Waals surface area contributed by atoms with E-state index in [2.05, 4.69) is 17.0 Å². The maximum Gasteiger partial charge on any atom is 0.167 e. The van der Waals surface area contributed by atoms with E-state index in [1.54, 1.807) is 0 Å². The first kappa shape index (κ1) is 21.7. The van der Waals surface area contributed by atoms with Crippen LogP contribution < -0.4 is 4.74 Å². The van der Waals surface area contributed by atoms with Crippen LogP contribution in [0.25, 0.3) is 0 Å². The number of Topliss-reactive ketones (excluding diaryl/α,β-unsaturated/α-hetero) is 1. The summed E-state index contributed by atoms with van der Waals surface area (Å²) in [6.45, 7) is 0.706. The van der Waals surface area contributed by atoms with Gasteiger partial charge in [-0.15, -0.1) is 12.4 Å². The van der Waals surface area contributed by atoms with Gasteiger partial charge in [-0.05, 0) is 50.3 Å². The van der Waals surface area contributed by atoms with Gasteiger partial charge in [0.05, 0.1) is 0 Å². The van der Waals surface area contributed by atoms with Crippen LogP contribution in [0.1, 0.15) is 15.9 Å². The van der Waals surface area contributed by atoms with E-state index in [9.17, 15) is 4.79 Å². The van der Waals surface area contributed by atoms with Crippen molar-refractivity contribution in [3.05, 3.63) is 96.1 Å². The lowest BCUT2D eigenvalue weighted by atomic mass is 9.91. The fourth-order valence-corrected chi connectivity index (χ4v) is 3.15. The summed E-state index contributed by atoms with van der Waals surface area (Å²) in [5, 5.41) is 0. The number of ketones is 1. The lowest BCUT2D eigenvalue weighted by molar-refractivity contribution is 0.0896. The van der Waals surface area contributed by atoms with Crippen molar-refractivity contribution in [2.24, 2.45) is 5.92 Å². The van der Waals surface area contributed by atoms with Gasteiger partial charge in [-0.2, -0.15) is 0 Å². The Morgan fingerprint density at radius 1 is 0.857 bits per heavy atom. The summed E-state index contributed by atoms with van der Waals surface area (Å²) in [5.41, 5.74) is 1.86. The highest BCUT2D eigenvalue weighted by Gasteiger charge is 2.22. The molecule has 0 N–H and O–H groups in total. The summed E-state index contributed by atoms with van der Waals surface area (Å²) in [7, 11) is 4.00. The van der Waals surface area contributed by atoms with E-state index in [0.29, 0.717) is 17.9 Å². The molecule has 0 aliphatic carbocycles. The van der Waals surface area contributed by atoms with Crippen LogP contribution in [-0.4, -0.2) is 31.3 Å². The van der Waals surface area contributed by atoms with Crippen LogP contribution in [0.15, 0.2) is 84.9 Å². The zero-order valence-corrected chi connectivity index (χ0v) is 17.1. The molecule has 0 aliphatic rings. The maximum atomic E-state index is 13.2. The highest BCUT2D eigenvalue weighted by molar-refractivity contribution is 5.98. The van der Waals surface area contributed by atoms with Gasteiger partial charge in [0.1, 0.15) is 11.5 Å². The number of nitrogens with zero attached hydrogens (tertiary/aromatic N) is 1. The lowest BCUT2D eigenvalue weighted by Crippen LogP contribution is -2.29. The Hall–Kier alpha value is -2.62. The molecular formula is C24H26ClNO2. The smallest absolute Gasteiger partial charge is 0.167 e. The Labute approximate surface area is 173 Å². The third-order valence-electron chi connectivity index (χ3n) is 4.38. The summed E-state index contributed by atoms with van der Waals surface area (Å²) in [5.74, 6) is 1.48. The molecule has 0 saturated carbocycles. The number of hydrogen-bond acceptors (Lipinski definition) is 3. The predicted molar refractivity (Wildman–Crippen MR) is 117 cm³/mol. The van der Waals surface area contributed by atoms with Gasteiger partial charge in [0.15, 0.2) is 5.78 Å². The SMILES string of the molecule is CN(C)CC(Cc1ccccc1)C(=O)c1cccc(Oc2ccccc2)c1.Cl. The van der Waals surface area contributed by atoms with E-state index in [4.69, 9.17) is 4.74 Å². The third kappa shape index (κ3) is 6.22. The lowest BCUT2D eigenvalue weighted by Gasteiger charge is -2.20. The molecule has 4 heteroatoms. The van der Waals surface area contributed by atoms with E-state index in [1.807, 2.05) is 86.9 Å². The molecule has 0 heterocycles. The van der Waals surface area contributed by atoms with Gasteiger partial charge in [0, 0.05) is 18.0 Å². The largest absolute Gasteiger partial charge is 0.457 e. The van der Waals surface area contributed by atoms with Gasteiger partial charge >= 0.3 is 0 Å².